The first-order valence-corrected chi connectivity index (χ1v) is 4.40. The van der Waals surface area contributed by atoms with Crippen molar-refractivity contribution in [2.45, 2.75) is 12.8 Å². The second-order valence-electron chi connectivity index (χ2n) is 2.51. The van der Waals surface area contributed by atoms with Crippen molar-refractivity contribution in [1.82, 2.24) is 0 Å². The van der Waals surface area contributed by atoms with Crippen LogP contribution in [-0.4, -0.2) is 61.9 Å². The van der Waals surface area contributed by atoms with Crippen molar-refractivity contribution >= 4 is 29.8 Å². The molecule has 0 fully saturated rings. The average Bonchev–Trinajstić information content (AvgIpc) is 2.27. The van der Waals surface area contributed by atoms with E-state index in [1.807, 2.05) is 0 Å². The zero-order chi connectivity index (χ0) is 16.0. The molecule has 0 atom stereocenters. The molecule has 0 rings (SSSR count). The lowest BCUT2D eigenvalue weighted by Gasteiger charge is -1.86. The average molecular weight is 283 g/mol. The maximum Gasteiger partial charge on any atom is 0.414 e. The van der Waals surface area contributed by atoms with E-state index in [1.54, 1.807) is 0 Å². The molecule has 0 saturated heterocycles. The molecule has 110 valence electrons. The third kappa shape index (κ3) is 31.3. The summed E-state index contributed by atoms with van der Waals surface area (Å²) in [6.45, 7) is 0.465. The first kappa shape index (κ1) is 21.6. The summed E-state index contributed by atoms with van der Waals surface area (Å²) in [6, 6.07) is 0. The van der Waals surface area contributed by atoms with Crippen molar-refractivity contribution < 1.29 is 49.5 Å². The minimum atomic E-state index is -1.82. The van der Waals surface area contributed by atoms with Crippen LogP contribution < -0.4 is 5.73 Å². The number of nitrogens with two attached hydrogens (primary N) is 1. The van der Waals surface area contributed by atoms with Crippen LogP contribution in [0.2, 0.25) is 0 Å². The Morgan fingerprint density at radius 1 is 0.684 bits per heavy atom. The van der Waals surface area contributed by atoms with Gasteiger partial charge in [-0.05, 0) is 13.0 Å². The molecular weight excluding hydrogens is 270 g/mol. The molecule has 0 aromatic heterocycles. The Labute approximate surface area is 105 Å². The first-order chi connectivity index (χ1) is 8.56. The number of rotatable bonds is 3. The van der Waals surface area contributed by atoms with Gasteiger partial charge in [0.15, 0.2) is 0 Å². The minimum absolute atomic E-state index is 0.191. The molecule has 0 aliphatic heterocycles. The lowest BCUT2D eigenvalue weighted by atomic mass is 10.3. The lowest BCUT2D eigenvalue weighted by molar-refractivity contribution is -0.159. The number of hydrogen-bond donors (Lipinski definition) is 6. The van der Waals surface area contributed by atoms with Gasteiger partial charge in [0, 0.05) is 6.42 Å². The second-order valence-corrected chi connectivity index (χ2v) is 2.51. The smallest absolute Gasteiger partial charge is 0.414 e. The van der Waals surface area contributed by atoms with Gasteiger partial charge in [-0.2, -0.15) is 0 Å². The highest BCUT2D eigenvalue weighted by atomic mass is 16.4. The van der Waals surface area contributed by atoms with Crippen molar-refractivity contribution in [2.24, 2.45) is 5.73 Å². The van der Waals surface area contributed by atoms with Gasteiger partial charge in [-0.1, -0.05) is 0 Å². The maximum absolute atomic E-state index is 9.70. The number of aliphatic carboxylic acids is 5. The summed E-state index contributed by atoms with van der Waals surface area (Å²) in [6.07, 6.45) is 0.770. The largest absolute Gasteiger partial charge is 0.481 e. The van der Waals surface area contributed by atoms with Gasteiger partial charge >= 0.3 is 29.8 Å². The molecule has 19 heavy (non-hydrogen) atoms. The van der Waals surface area contributed by atoms with Crippen LogP contribution >= 0.6 is 0 Å². The molecule has 0 aromatic carbocycles. The van der Waals surface area contributed by atoms with E-state index < -0.39 is 29.8 Å². The molecule has 0 amide bonds. The Morgan fingerprint density at radius 2 is 0.947 bits per heavy atom. The van der Waals surface area contributed by atoms with Crippen LogP contribution in [0.15, 0.2) is 0 Å². The zero-order valence-corrected chi connectivity index (χ0v) is 9.48. The van der Waals surface area contributed by atoms with Gasteiger partial charge in [0.05, 0.1) is 0 Å². The number of carboxylic acids is 5. The Kier molecular flexibility index (Phi) is 15.2. The minimum Gasteiger partial charge on any atom is -0.481 e. The molecule has 0 radical (unpaired) electrons. The van der Waals surface area contributed by atoms with E-state index in [1.165, 1.54) is 0 Å². The molecule has 0 aliphatic carbocycles. The van der Waals surface area contributed by atoms with E-state index in [9.17, 15) is 4.79 Å². The SMILES string of the molecule is NCCCC(=O)O.O=C(O)C(=O)O.O=C(O)C(=O)O. The number of hydrogen-bond acceptors (Lipinski definition) is 6. The molecule has 7 N–H and O–H groups in total. The van der Waals surface area contributed by atoms with Crippen LogP contribution in [0.5, 0.6) is 0 Å². The lowest BCUT2D eigenvalue weighted by Crippen LogP contribution is -2.09. The molecule has 0 unspecified atom stereocenters. The molecule has 0 bridgehead atoms. The van der Waals surface area contributed by atoms with E-state index in [0.717, 1.165) is 0 Å². The summed E-state index contributed by atoms with van der Waals surface area (Å²) in [5, 5.41) is 37.6. The van der Waals surface area contributed by atoms with Crippen LogP contribution in [0.25, 0.3) is 0 Å². The second kappa shape index (κ2) is 13.4. The van der Waals surface area contributed by atoms with Crippen molar-refractivity contribution in [2.75, 3.05) is 6.54 Å². The quantitative estimate of drug-likeness (QED) is 0.315. The predicted molar refractivity (Wildman–Crippen MR) is 56.5 cm³/mol. The zero-order valence-electron chi connectivity index (χ0n) is 9.48. The van der Waals surface area contributed by atoms with E-state index in [-0.39, 0.29) is 6.42 Å². The van der Waals surface area contributed by atoms with Gasteiger partial charge in [0.1, 0.15) is 0 Å². The summed E-state index contributed by atoms with van der Waals surface area (Å²) in [5.74, 6) is -8.07. The van der Waals surface area contributed by atoms with E-state index in [0.29, 0.717) is 13.0 Å². The van der Waals surface area contributed by atoms with Crippen molar-refractivity contribution in [1.29, 1.82) is 0 Å². The third-order valence-corrected chi connectivity index (χ3v) is 0.961. The van der Waals surface area contributed by atoms with Crippen molar-refractivity contribution in [3.8, 4) is 0 Å². The fraction of sp³-hybridized carbons (Fsp3) is 0.375. The standard InChI is InChI=1S/C4H9NO2.2C2H2O4/c5-3-1-2-4(6)7;2*3-1(4)2(5)6/h1-3,5H2,(H,6,7);2*(H,3,4)(H,5,6). The van der Waals surface area contributed by atoms with Gasteiger partial charge in [-0.3, -0.25) is 4.79 Å². The Hall–Kier alpha value is -2.69. The van der Waals surface area contributed by atoms with Gasteiger partial charge < -0.3 is 31.3 Å². The first-order valence-electron chi connectivity index (χ1n) is 4.40. The van der Waals surface area contributed by atoms with Crippen molar-refractivity contribution in [3.05, 3.63) is 0 Å². The highest BCUT2D eigenvalue weighted by molar-refractivity contribution is 6.27. The van der Waals surface area contributed by atoms with Crippen LogP contribution in [0.4, 0.5) is 0 Å². The number of carboxylic acid groups (broad SMARTS) is 5. The summed E-state index contributed by atoms with van der Waals surface area (Å²) < 4.78 is 0. The fourth-order valence-corrected chi connectivity index (χ4v) is 0.253. The Balaban J connectivity index is -0.000000203. The summed E-state index contributed by atoms with van der Waals surface area (Å²) in [7, 11) is 0. The summed E-state index contributed by atoms with van der Waals surface area (Å²) in [4.78, 5) is 46.1. The topological polar surface area (TPSA) is 213 Å². The summed E-state index contributed by atoms with van der Waals surface area (Å²) in [5.41, 5.74) is 5.01. The monoisotopic (exact) mass is 283 g/mol. The molecule has 0 aromatic rings. The maximum atomic E-state index is 9.70. The van der Waals surface area contributed by atoms with Gasteiger partial charge in [0.25, 0.3) is 0 Å². The molecule has 0 heterocycles. The van der Waals surface area contributed by atoms with Gasteiger partial charge in [0.2, 0.25) is 0 Å². The fourth-order valence-electron chi connectivity index (χ4n) is 0.253. The van der Waals surface area contributed by atoms with Crippen LogP contribution in [0, 0.1) is 0 Å². The predicted octanol–water partition coefficient (Wildman–Crippen LogP) is -1.88. The van der Waals surface area contributed by atoms with Crippen molar-refractivity contribution in [3.63, 3.8) is 0 Å². The molecule has 0 spiro atoms. The number of carbonyl (C=O) groups is 5. The molecule has 11 heteroatoms. The van der Waals surface area contributed by atoms with Crippen LogP contribution in [0.3, 0.4) is 0 Å². The van der Waals surface area contributed by atoms with Crippen LogP contribution in [-0.2, 0) is 24.0 Å². The van der Waals surface area contributed by atoms with Crippen LogP contribution in [0.1, 0.15) is 12.8 Å². The molecule has 0 saturated carbocycles. The highest BCUT2D eigenvalue weighted by Crippen LogP contribution is 1.82. The van der Waals surface area contributed by atoms with E-state index in [4.69, 9.17) is 50.4 Å². The van der Waals surface area contributed by atoms with Gasteiger partial charge in [-0.15, -0.1) is 0 Å². The highest BCUT2D eigenvalue weighted by Gasteiger charge is 2.04. The summed E-state index contributed by atoms with van der Waals surface area (Å²) >= 11 is 0. The molecular formula is C8H13NO10. The molecule has 0 aliphatic rings. The van der Waals surface area contributed by atoms with Gasteiger partial charge in [-0.25, -0.2) is 19.2 Å². The Bertz CT molecular complexity index is 288. The van der Waals surface area contributed by atoms with E-state index in [2.05, 4.69) is 0 Å². The Morgan fingerprint density at radius 3 is 1.00 bits per heavy atom. The normalized spacial score (nSPS) is 7.84. The third-order valence-electron chi connectivity index (χ3n) is 0.961. The van der Waals surface area contributed by atoms with E-state index >= 15 is 0 Å². The molecule has 11 nitrogen and oxygen atoms in total.